The summed E-state index contributed by atoms with van der Waals surface area (Å²) in [6.45, 7) is 1.56. The number of carbonyl (C=O) groups excluding carboxylic acids is 1. The molecule has 0 aromatic heterocycles. The van der Waals surface area contributed by atoms with E-state index in [9.17, 15) is 4.79 Å². The van der Waals surface area contributed by atoms with Crippen molar-refractivity contribution in [2.24, 2.45) is 5.10 Å². The summed E-state index contributed by atoms with van der Waals surface area (Å²) in [6, 6.07) is 8.48. The first-order valence-electron chi connectivity index (χ1n) is 7.14. The molecular formula is C17H15Cl3N2O3. The highest BCUT2D eigenvalue weighted by Gasteiger charge is 2.13. The van der Waals surface area contributed by atoms with Gasteiger partial charge in [-0.2, -0.15) is 5.10 Å². The van der Waals surface area contributed by atoms with Gasteiger partial charge in [-0.1, -0.05) is 40.9 Å². The first kappa shape index (κ1) is 19.4. The topological polar surface area (TPSA) is 59.9 Å². The normalized spacial score (nSPS) is 10.8. The van der Waals surface area contributed by atoms with Crippen LogP contribution in [0.25, 0.3) is 0 Å². The van der Waals surface area contributed by atoms with Crippen LogP contribution >= 0.6 is 34.8 Å². The predicted octanol–water partition coefficient (Wildman–Crippen LogP) is 4.70. The van der Waals surface area contributed by atoms with Crippen LogP contribution in [-0.4, -0.2) is 19.2 Å². The van der Waals surface area contributed by atoms with Crippen LogP contribution in [0.1, 0.15) is 18.1 Å². The van der Waals surface area contributed by atoms with Crippen LogP contribution in [-0.2, 0) is 11.4 Å². The Bertz CT molecular complexity index is 810. The molecule has 1 amide bonds. The summed E-state index contributed by atoms with van der Waals surface area (Å²) >= 11 is 18.3. The van der Waals surface area contributed by atoms with Gasteiger partial charge in [0.15, 0.2) is 11.5 Å². The Morgan fingerprint density at radius 1 is 1.20 bits per heavy atom. The number of ether oxygens (including phenoxy) is 2. The molecule has 25 heavy (non-hydrogen) atoms. The van der Waals surface area contributed by atoms with Crippen LogP contribution in [0.2, 0.25) is 15.1 Å². The van der Waals surface area contributed by atoms with E-state index in [2.05, 4.69) is 10.5 Å². The van der Waals surface area contributed by atoms with Gasteiger partial charge in [0, 0.05) is 22.5 Å². The quantitative estimate of drug-likeness (QED) is 0.563. The van der Waals surface area contributed by atoms with Crippen LogP contribution in [0, 0.1) is 0 Å². The first-order chi connectivity index (χ1) is 11.9. The van der Waals surface area contributed by atoms with Crippen molar-refractivity contribution in [3.8, 4) is 11.5 Å². The second kappa shape index (κ2) is 8.94. The van der Waals surface area contributed by atoms with E-state index in [4.69, 9.17) is 44.3 Å². The number of hydrogen-bond acceptors (Lipinski definition) is 4. The lowest BCUT2D eigenvalue weighted by Crippen LogP contribution is -2.12. The minimum atomic E-state index is -0.269. The Hall–Kier alpha value is -1.95. The Morgan fingerprint density at radius 2 is 1.96 bits per heavy atom. The standard InChI is InChI=1S/C17H15Cl3N2O3/c1-10(23)22-21-8-11-5-15(20)17(16(6-11)24-2)25-9-12-3-4-13(18)7-14(12)19/h3-8H,9H2,1-2H3,(H,22,23)/b21-8-. The largest absolute Gasteiger partial charge is 0.493 e. The summed E-state index contributed by atoms with van der Waals surface area (Å²) in [5.41, 5.74) is 3.72. The molecule has 0 unspecified atom stereocenters. The highest BCUT2D eigenvalue weighted by atomic mass is 35.5. The Labute approximate surface area is 160 Å². The Morgan fingerprint density at radius 3 is 2.60 bits per heavy atom. The molecule has 0 heterocycles. The van der Waals surface area contributed by atoms with E-state index < -0.39 is 0 Å². The molecule has 0 radical (unpaired) electrons. The molecule has 0 atom stereocenters. The third-order valence-corrected chi connectivity index (χ3v) is 3.94. The molecule has 0 spiro atoms. The maximum Gasteiger partial charge on any atom is 0.236 e. The fraction of sp³-hybridized carbons (Fsp3) is 0.176. The summed E-state index contributed by atoms with van der Waals surface area (Å²) in [5, 5.41) is 5.18. The zero-order chi connectivity index (χ0) is 18.4. The SMILES string of the molecule is COc1cc(/C=N\NC(C)=O)cc(Cl)c1OCc1ccc(Cl)cc1Cl. The van der Waals surface area contributed by atoms with Gasteiger partial charge in [0.25, 0.3) is 0 Å². The van der Waals surface area contributed by atoms with Crippen molar-refractivity contribution >= 4 is 46.9 Å². The van der Waals surface area contributed by atoms with Gasteiger partial charge in [-0.3, -0.25) is 4.79 Å². The second-order valence-electron chi connectivity index (χ2n) is 4.98. The number of amides is 1. The van der Waals surface area contributed by atoms with E-state index in [1.54, 1.807) is 30.3 Å². The fourth-order valence-electron chi connectivity index (χ4n) is 1.94. The number of hydrazone groups is 1. The average Bonchev–Trinajstić information content (AvgIpc) is 2.54. The van der Waals surface area contributed by atoms with Crippen LogP contribution in [0.4, 0.5) is 0 Å². The minimum Gasteiger partial charge on any atom is -0.493 e. The lowest BCUT2D eigenvalue weighted by atomic mass is 10.2. The number of hydrogen-bond donors (Lipinski definition) is 1. The fourth-order valence-corrected chi connectivity index (χ4v) is 2.68. The van der Waals surface area contributed by atoms with E-state index in [0.717, 1.165) is 5.56 Å². The van der Waals surface area contributed by atoms with Gasteiger partial charge in [0.1, 0.15) is 6.61 Å². The Balaban J connectivity index is 2.19. The molecule has 2 aromatic carbocycles. The molecule has 0 fully saturated rings. The zero-order valence-electron chi connectivity index (χ0n) is 13.5. The van der Waals surface area contributed by atoms with Crippen molar-refractivity contribution in [2.45, 2.75) is 13.5 Å². The number of nitrogens with zero attached hydrogens (tertiary/aromatic N) is 1. The lowest BCUT2D eigenvalue weighted by molar-refractivity contribution is -0.118. The van der Waals surface area contributed by atoms with Crippen LogP contribution < -0.4 is 14.9 Å². The molecule has 0 bridgehead atoms. The number of halogens is 3. The Kier molecular flexibility index (Phi) is 6.93. The number of rotatable bonds is 6. The van der Waals surface area contributed by atoms with E-state index in [1.165, 1.54) is 20.2 Å². The average molecular weight is 402 g/mol. The van der Waals surface area contributed by atoms with E-state index in [1.807, 2.05) is 0 Å². The van der Waals surface area contributed by atoms with Crippen molar-refractivity contribution in [3.63, 3.8) is 0 Å². The molecular weight excluding hydrogens is 387 g/mol. The van der Waals surface area contributed by atoms with Gasteiger partial charge < -0.3 is 9.47 Å². The first-order valence-corrected chi connectivity index (χ1v) is 8.28. The molecule has 0 saturated heterocycles. The van der Waals surface area contributed by atoms with E-state index in [-0.39, 0.29) is 12.5 Å². The molecule has 132 valence electrons. The van der Waals surface area contributed by atoms with Gasteiger partial charge in [-0.25, -0.2) is 5.43 Å². The molecule has 0 aliphatic carbocycles. The zero-order valence-corrected chi connectivity index (χ0v) is 15.7. The van der Waals surface area contributed by atoms with Crippen molar-refractivity contribution < 1.29 is 14.3 Å². The predicted molar refractivity (Wildman–Crippen MR) is 100 cm³/mol. The monoisotopic (exact) mass is 400 g/mol. The van der Waals surface area contributed by atoms with E-state index >= 15 is 0 Å². The molecule has 0 aliphatic rings. The summed E-state index contributed by atoms with van der Waals surface area (Å²) in [7, 11) is 1.50. The van der Waals surface area contributed by atoms with Gasteiger partial charge in [0.2, 0.25) is 5.91 Å². The lowest BCUT2D eigenvalue weighted by Gasteiger charge is -2.14. The highest BCUT2D eigenvalue weighted by Crippen LogP contribution is 2.37. The smallest absolute Gasteiger partial charge is 0.236 e. The van der Waals surface area contributed by atoms with Gasteiger partial charge in [-0.15, -0.1) is 0 Å². The molecule has 8 heteroatoms. The molecule has 0 aliphatic heterocycles. The molecule has 0 saturated carbocycles. The maximum atomic E-state index is 10.8. The third-order valence-electron chi connectivity index (χ3n) is 3.07. The summed E-state index contributed by atoms with van der Waals surface area (Å²) in [4.78, 5) is 10.8. The summed E-state index contributed by atoms with van der Waals surface area (Å²) in [5.74, 6) is 0.544. The van der Waals surface area contributed by atoms with Crippen molar-refractivity contribution in [1.29, 1.82) is 0 Å². The van der Waals surface area contributed by atoms with Crippen LogP contribution in [0.3, 0.4) is 0 Å². The minimum absolute atomic E-state index is 0.200. The second-order valence-corrected chi connectivity index (χ2v) is 6.24. The van der Waals surface area contributed by atoms with Crippen LogP contribution in [0.15, 0.2) is 35.4 Å². The molecule has 2 aromatic rings. The summed E-state index contributed by atoms with van der Waals surface area (Å²) < 4.78 is 11.1. The van der Waals surface area contributed by atoms with Gasteiger partial charge >= 0.3 is 0 Å². The number of carbonyl (C=O) groups is 1. The molecule has 2 rings (SSSR count). The van der Waals surface area contributed by atoms with E-state index in [0.29, 0.717) is 32.1 Å². The van der Waals surface area contributed by atoms with Crippen molar-refractivity contribution in [3.05, 3.63) is 56.5 Å². The van der Waals surface area contributed by atoms with Crippen molar-refractivity contribution in [2.75, 3.05) is 7.11 Å². The number of methoxy groups -OCH3 is 1. The van der Waals surface area contributed by atoms with Gasteiger partial charge in [-0.05, 0) is 29.8 Å². The number of nitrogens with one attached hydrogen (secondary N) is 1. The van der Waals surface area contributed by atoms with Crippen LogP contribution in [0.5, 0.6) is 11.5 Å². The highest BCUT2D eigenvalue weighted by molar-refractivity contribution is 6.35. The maximum absolute atomic E-state index is 10.8. The van der Waals surface area contributed by atoms with Gasteiger partial charge in [0.05, 0.1) is 18.3 Å². The molecule has 1 N–H and O–H groups in total. The number of benzene rings is 2. The summed E-state index contributed by atoms with van der Waals surface area (Å²) in [6.07, 6.45) is 1.45. The third kappa shape index (κ3) is 5.53. The van der Waals surface area contributed by atoms with Crippen molar-refractivity contribution in [1.82, 2.24) is 5.43 Å². The molecule has 5 nitrogen and oxygen atoms in total.